The second kappa shape index (κ2) is 11.5. The molecule has 2 aromatic heterocycles. The predicted octanol–water partition coefficient (Wildman–Crippen LogP) is 4.38. The SMILES string of the molecule is Cn1cc(Nc2nccc(-c3ccccc3CN(c3cccc(C#N)c3)S(=O)(=O)COC(=O)C(C)(C)C)n2)cn1. The highest BCUT2D eigenvalue weighted by Gasteiger charge is 2.29. The maximum Gasteiger partial charge on any atom is 0.312 e. The number of nitriles is 1. The summed E-state index contributed by atoms with van der Waals surface area (Å²) in [4.78, 5) is 21.3. The molecule has 2 aromatic carbocycles. The van der Waals surface area contributed by atoms with E-state index in [-0.39, 0.29) is 12.2 Å². The lowest BCUT2D eigenvalue weighted by atomic mass is 9.98. The van der Waals surface area contributed by atoms with E-state index in [0.717, 1.165) is 4.31 Å². The van der Waals surface area contributed by atoms with Crippen molar-refractivity contribution in [2.45, 2.75) is 27.3 Å². The van der Waals surface area contributed by atoms with Crippen molar-refractivity contribution >= 4 is 33.3 Å². The Bertz CT molecular complexity index is 1670. The van der Waals surface area contributed by atoms with Crippen molar-refractivity contribution < 1.29 is 17.9 Å². The Labute approximate surface area is 233 Å². The number of carbonyl (C=O) groups excluding carboxylic acids is 1. The normalized spacial score (nSPS) is 11.5. The van der Waals surface area contributed by atoms with Crippen molar-refractivity contribution in [2.75, 3.05) is 15.6 Å². The van der Waals surface area contributed by atoms with Crippen LogP contribution in [0.5, 0.6) is 0 Å². The molecule has 0 bridgehead atoms. The molecule has 0 saturated heterocycles. The third-order valence-electron chi connectivity index (χ3n) is 5.77. The minimum Gasteiger partial charge on any atom is -0.447 e. The number of aromatic nitrogens is 4. The van der Waals surface area contributed by atoms with Gasteiger partial charge in [-0.3, -0.25) is 13.8 Å². The fourth-order valence-corrected chi connectivity index (χ4v) is 4.89. The molecule has 0 spiro atoms. The van der Waals surface area contributed by atoms with Gasteiger partial charge in [-0.2, -0.15) is 10.4 Å². The van der Waals surface area contributed by atoms with Crippen molar-refractivity contribution in [3.05, 3.63) is 84.3 Å². The molecule has 0 aliphatic rings. The zero-order chi connectivity index (χ0) is 28.9. The quantitative estimate of drug-likeness (QED) is 0.296. The van der Waals surface area contributed by atoms with E-state index in [1.807, 2.05) is 18.2 Å². The number of aryl methyl sites for hydroxylation is 1. The Hall–Kier alpha value is -4.76. The first-order valence-corrected chi connectivity index (χ1v) is 13.9. The summed E-state index contributed by atoms with van der Waals surface area (Å²) in [5.74, 6) is -1.15. The molecule has 0 saturated carbocycles. The molecule has 0 radical (unpaired) electrons. The maximum atomic E-state index is 13.6. The van der Waals surface area contributed by atoms with Gasteiger partial charge in [0, 0.05) is 25.0 Å². The first-order chi connectivity index (χ1) is 19.0. The summed E-state index contributed by atoms with van der Waals surface area (Å²) in [5, 5.41) is 16.6. The number of benzene rings is 2. The van der Waals surface area contributed by atoms with Gasteiger partial charge in [0.2, 0.25) is 11.9 Å². The second-order valence-electron chi connectivity index (χ2n) is 10.0. The molecule has 1 N–H and O–H groups in total. The number of nitrogens with one attached hydrogen (secondary N) is 1. The Kier molecular flexibility index (Phi) is 8.16. The van der Waals surface area contributed by atoms with Gasteiger partial charge in [0.1, 0.15) is 0 Å². The van der Waals surface area contributed by atoms with Gasteiger partial charge in [-0.1, -0.05) is 30.3 Å². The van der Waals surface area contributed by atoms with E-state index in [0.29, 0.717) is 34.0 Å². The van der Waals surface area contributed by atoms with Crippen LogP contribution >= 0.6 is 0 Å². The third-order valence-corrected chi connectivity index (χ3v) is 7.20. The molecular weight excluding hydrogens is 530 g/mol. The summed E-state index contributed by atoms with van der Waals surface area (Å²) in [6, 6.07) is 17.3. The van der Waals surface area contributed by atoms with Gasteiger partial charge in [-0.15, -0.1) is 0 Å². The van der Waals surface area contributed by atoms with Gasteiger partial charge in [0.15, 0.2) is 0 Å². The van der Waals surface area contributed by atoms with E-state index in [1.165, 1.54) is 6.07 Å². The minimum atomic E-state index is -4.17. The van der Waals surface area contributed by atoms with Crippen LogP contribution in [0.4, 0.5) is 17.3 Å². The molecule has 0 aliphatic heterocycles. The van der Waals surface area contributed by atoms with Crippen LogP contribution in [0.1, 0.15) is 31.9 Å². The second-order valence-corrected chi connectivity index (χ2v) is 11.9. The molecule has 4 aromatic rings. The molecule has 12 heteroatoms. The number of hydrogen-bond acceptors (Lipinski definition) is 9. The van der Waals surface area contributed by atoms with Gasteiger partial charge in [0.25, 0.3) is 10.0 Å². The summed E-state index contributed by atoms with van der Waals surface area (Å²) < 4.78 is 35.2. The fraction of sp³-hybridized carbons (Fsp3) is 0.250. The third kappa shape index (κ3) is 6.81. The van der Waals surface area contributed by atoms with E-state index < -0.39 is 27.3 Å². The average molecular weight is 560 g/mol. The molecule has 0 aliphatic carbocycles. The molecule has 11 nitrogen and oxygen atoms in total. The molecule has 40 heavy (non-hydrogen) atoms. The molecule has 2 heterocycles. The van der Waals surface area contributed by atoms with E-state index in [2.05, 4.69) is 20.4 Å². The largest absolute Gasteiger partial charge is 0.447 e. The van der Waals surface area contributed by atoms with Crippen molar-refractivity contribution in [2.24, 2.45) is 12.5 Å². The van der Waals surface area contributed by atoms with Crippen molar-refractivity contribution in [3.8, 4) is 17.3 Å². The number of sulfonamides is 1. The Balaban J connectivity index is 1.70. The van der Waals surface area contributed by atoms with Gasteiger partial charge >= 0.3 is 5.97 Å². The van der Waals surface area contributed by atoms with Gasteiger partial charge in [-0.05, 0) is 50.6 Å². The lowest BCUT2D eigenvalue weighted by Gasteiger charge is -2.26. The minimum absolute atomic E-state index is 0.101. The van der Waals surface area contributed by atoms with E-state index in [4.69, 9.17) is 4.74 Å². The standard InChI is InChI=1S/C28H29N7O4S/c1-28(2,3)26(36)39-19-40(37,38)35(23-10-7-8-20(14-23)15-29)17-21-9-5-6-11-24(21)25-12-13-30-27(33-25)32-22-16-31-34(4)18-22/h5-14,16,18H,17,19H2,1-4H3,(H,30,32,33). The first kappa shape index (κ1) is 28.3. The van der Waals surface area contributed by atoms with Crippen LogP contribution in [0.25, 0.3) is 11.3 Å². The van der Waals surface area contributed by atoms with Crippen molar-refractivity contribution in [3.63, 3.8) is 0 Å². The zero-order valence-electron chi connectivity index (χ0n) is 22.6. The molecule has 206 valence electrons. The average Bonchev–Trinajstić information content (AvgIpc) is 3.34. The summed E-state index contributed by atoms with van der Waals surface area (Å²) in [7, 11) is -2.37. The fourth-order valence-electron chi connectivity index (χ4n) is 3.74. The Morgan fingerprint density at radius 1 is 1.15 bits per heavy atom. The van der Waals surface area contributed by atoms with Gasteiger partial charge in [-0.25, -0.2) is 18.4 Å². The molecule has 0 atom stereocenters. The molecular formula is C28H29N7O4S. The Morgan fingerprint density at radius 2 is 1.93 bits per heavy atom. The highest BCUT2D eigenvalue weighted by atomic mass is 32.2. The van der Waals surface area contributed by atoms with Crippen LogP contribution in [0.2, 0.25) is 0 Å². The zero-order valence-corrected chi connectivity index (χ0v) is 23.4. The molecule has 0 unspecified atom stereocenters. The van der Waals surface area contributed by atoms with Crippen molar-refractivity contribution in [1.82, 2.24) is 19.7 Å². The summed E-state index contributed by atoms with van der Waals surface area (Å²) in [6.45, 7) is 4.83. The van der Waals surface area contributed by atoms with Crippen LogP contribution in [-0.2, 0) is 33.1 Å². The van der Waals surface area contributed by atoms with Gasteiger partial charge in [0.05, 0.1) is 46.9 Å². The summed E-state index contributed by atoms with van der Waals surface area (Å²) in [6.07, 6.45) is 5.04. The molecule has 0 fully saturated rings. The highest BCUT2D eigenvalue weighted by Crippen LogP contribution is 2.29. The number of nitrogens with zero attached hydrogens (tertiary/aromatic N) is 6. The lowest BCUT2D eigenvalue weighted by Crippen LogP contribution is -2.36. The summed E-state index contributed by atoms with van der Waals surface area (Å²) in [5.41, 5.74) is 2.29. The van der Waals surface area contributed by atoms with Crippen LogP contribution in [0.3, 0.4) is 0 Å². The number of anilines is 3. The van der Waals surface area contributed by atoms with E-state index in [1.54, 1.807) is 87.5 Å². The Morgan fingerprint density at radius 3 is 2.62 bits per heavy atom. The van der Waals surface area contributed by atoms with Crippen LogP contribution in [-0.4, -0.2) is 40.1 Å². The summed E-state index contributed by atoms with van der Waals surface area (Å²) >= 11 is 0. The monoisotopic (exact) mass is 559 g/mol. The first-order valence-electron chi connectivity index (χ1n) is 12.3. The van der Waals surface area contributed by atoms with Crippen molar-refractivity contribution in [1.29, 1.82) is 5.26 Å². The molecule has 4 rings (SSSR count). The van der Waals surface area contributed by atoms with Crippen LogP contribution < -0.4 is 9.62 Å². The van der Waals surface area contributed by atoms with Crippen LogP contribution in [0, 0.1) is 16.7 Å². The number of carbonyl (C=O) groups is 1. The number of rotatable bonds is 9. The number of ether oxygens (including phenoxy) is 1. The number of hydrogen-bond donors (Lipinski definition) is 1. The molecule has 0 amide bonds. The topological polar surface area (TPSA) is 143 Å². The van der Waals surface area contributed by atoms with Crippen LogP contribution in [0.15, 0.2) is 73.2 Å². The predicted molar refractivity (Wildman–Crippen MR) is 151 cm³/mol. The number of esters is 1. The van der Waals surface area contributed by atoms with E-state index in [9.17, 15) is 18.5 Å². The van der Waals surface area contributed by atoms with E-state index >= 15 is 0 Å². The lowest BCUT2D eigenvalue weighted by molar-refractivity contribution is -0.150. The highest BCUT2D eigenvalue weighted by molar-refractivity contribution is 7.92. The maximum absolute atomic E-state index is 13.6. The smallest absolute Gasteiger partial charge is 0.312 e. The van der Waals surface area contributed by atoms with Gasteiger partial charge < -0.3 is 10.1 Å².